The smallest absolute Gasteiger partial charge is 0.314 e. The van der Waals surface area contributed by atoms with Gasteiger partial charge in [0.15, 0.2) is 0 Å². The second kappa shape index (κ2) is 10.9. The number of hydrogen-bond donors (Lipinski definition) is 1. The van der Waals surface area contributed by atoms with Gasteiger partial charge in [-0.15, -0.1) is 0 Å². The van der Waals surface area contributed by atoms with E-state index in [-0.39, 0.29) is 23.7 Å². The molecule has 0 radical (unpaired) electrons. The molecule has 1 N–H and O–H groups in total. The SMILES string of the molecule is CC/C=C\CC(C)CC1[C@@H](C(=O)O)[C@@H](C2C=CC=CC2)[C@H]1C(=O)Oc1cccc2ccccc12. The molecule has 0 bridgehead atoms. The summed E-state index contributed by atoms with van der Waals surface area (Å²) in [4.78, 5) is 26.0. The molecule has 4 nitrogen and oxygen atoms in total. The topological polar surface area (TPSA) is 63.6 Å². The minimum atomic E-state index is -0.802. The Bertz CT molecular complexity index is 1110. The highest BCUT2D eigenvalue weighted by Gasteiger charge is 2.59. The van der Waals surface area contributed by atoms with Gasteiger partial charge in [0, 0.05) is 5.39 Å². The van der Waals surface area contributed by atoms with Gasteiger partial charge in [0.1, 0.15) is 5.75 Å². The van der Waals surface area contributed by atoms with Crippen LogP contribution in [0.15, 0.2) is 78.9 Å². The largest absolute Gasteiger partial charge is 0.481 e. The Morgan fingerprint density at radius 2 is 1.88 bits per heavy atom. The fourth-order valence-corrected chi connectivity index (χ4v) is 5.78. The Morgan fingerprint density at radius 3 is 2.62 bits per heavy atom. The van der Waals surface area contributed by atoms with E-state index in [0.717, 1.165) is 30.0 Å². The molecule has 2 aromatic rings. The molecule has 178 valence electrons. The molecule has 0 heterocycles. The van der Waals surface area contributed by atoms with E-state index in [1.54, 1.807) is 0 Å². The number of ether oxygens (including phenoxy) is 1. The van der Waals surface area contributed by atoms with Gasteiger partial charge in [0.25, 0.3) is 0 Å². The zero-order valence-electron chi connectivity index (χ0n) is 20.0. The van der Waals surface area contributed by atoms with Gasteiger partial charge in [-0.05, 0) is 60.8 Å². The van der Waals surface area contributed by atoms with E-state index in [9.17, 15) is 14.7 Å². The molecule has 3 unspecified atom stereocenters. The van der Waals surface area contributed by atoms with Gasteiger partial charge < -0.3 is 9.84 Å². The maximum atomic E-state index is 13.6. The van der Waals surface area contributed by atoms with Crippen LogP contribution in [-0.2, 0) is 9.59 Å². The molecule has 0 amide bonds. The van der Waals surface area contributed by atoms with Crippen LogP contribution in [-0.4, -0.2) is 17.0 Å². The molecule has 1 fully saturated rings. The molecule has 0 saturated heterocycles. The van der Waals surface area contributed by atoms with Crippen LogP contribution in [0.25, 0.3) is 10.8 Å². The minimum Gasteiger partial charge on any atom is -0.481 e. The molecular weight excluding hydrogens is 424 g/mol. The number of allylic oxidation sites excluding steroid dienone is 6. The van der Waals surface area contributed by atoms with Crippen molar-refractivity contribution in [3.63, 3.8) is 0 Å². The first-order chi connectivity index (χ1) is 16.5. The van der Waals surface area contributed by atoms with Gasteiger partial charge in [-0.2, -0.15) is 0 Å². The quantitative estimate of drug-likeness (QED) is 0.254. The molecular formula is C30H34O4. The second-order valence-corrected chi connectivity index (χ2v) is 9.70. The Morgan fingerprint density at radius 1 is 1.09 bits per heavy atom. The van der Waals surface area contributed by atoms with Crippen molar-refractivity contribution in [3.8, 4) is 5.75 Å². The fourth-order valence-electron chi connectivity index (χ4n) is 5.78. The summed E-state index contributed by atoms with van der Waals surface area (Å²) in [6.07, 6.45) is 15.7. The first-order valence-electron chi connectivity index (χ1n) is 12.4. The summed E-state index contributed by atoms with van der Waals surface area (Å²) < 4.78 is 6.00. The van der Waals surface area contributed by atoms with E-state index < -0.39 is 17.8 Å². The van der Waals surface area contributed by atoms with Crippen LogP contribution in [0.1, 0.15) is 39.5 Å². The Labute approximate surface area is 202 Å². The first-order valence-corrected chi connectivity index (χ1v) is 12.4. The molecule has 0 spiro atoms. The number of benzene rings is 2. The third-order valence-electron chi connectivity index (χ3n) is 7.39. The van der Waals surface area contributed by atoms with Crippen molar-refractivity contribution in [1.82, 2.24) is 0 Å². The van der Waals surface area contributed by atoms with Crippen molar-refractivity contribution in [3.05, 3.63) is 78.9 Å². The molecule has 2 aromatic carbocycles. The molecule has 6 atom stereocenters. The lowest BCUT2D eigenvalue weighted by Crippen LogP contribution is -2.57. The number of aliphatic carboxylic acids is 1. The lowest BCUT2D eigenvalue weighted by Gasteiger charge is -2.52. The van der Waals surface area contributed by atoms with Crippen molar-refractivity contribution in [1.29, 1.82) is 0 Å². The van der Waals surface area contributed by atoms with E-state index in [1.807, 2.05) is 54.6 Å². The van der Waals surface area contributed by atoms with E-state index in [2.05, 4.69) is 38.2 Å². The van der Waals surface area contributed by atoms with Crippen LogP contribution in [0.4, 0.5) is 0 Å². The summed E-state index contributed by atoms with van der Waals surface area (Å²) in [5, 5.41) is 12.1. The lowest BCUT2D eigenvalue weighted by atomic mass is 9.50. The highest BCUT2D eigenvalue weighted by molar-refractivity contribution is 5.91. The molecule has 4 heteroatoms. The van der Waals surface area contributed by atoms with Crippen molar-refractivity contribution in [2.24, 2.45) is 35.5 Å². The van der Waals surface area contributed by atoms with Crippen LogP contribution in [0.3, 0.4) is 0 Å². The summed E-state index contributed by atoms with van der Waals surface area (Å²) in [7, 11) is 0. The van der Waals surface area contributed by atoms with Gasteiger partial charge in [-0.3, -0.25) is 9.59 Å². The van der Waals surface area contributed by atoms with Crippen molar-refractivity contribution in [2.75, 3.05) is 0 Å². The van der Waals surface area contributed by atoms with Crippen LogP contribution < -0.4 is 4.74 Å². The third-order valence-corrected chi connectivity index (χ3v) is 7.39. The van der Waals surface area contributed by atoms with Crippen LogP contribution in [0.2, 0.25) is 0 Å². The molecule has 2 aliphatic carbocycles. The van der Waals surface area contributed by atoms with E-state index in [4.69, 9.17) is 4.74 Å². The summed E-state index contributed by atoms with van der Waals surface area (Å²) in [6, 6.07) is 13.5. The monoisotopic (exact) mass is 458 g/mol. The number of carbonyl (C=O) groups excluding carboxylic acids is 1. The number of rotatable bonds is 9. The molecule has 34 heavy (non-hydrogen) atoms. The third kappa shape index (κ3) is 5.01. The predicted octanol–water partition coefficient (Wildman–Crippen LogP) is 6.82. The lowest BCUT2D eigenvalue weighted by molar-refractivity contribution is -0.175. The summed E-state index contributed by atoms with van der Waals surface area (Å²) in [5.41, 5.74) is 0. The zero-order chi connectivity index (χ0) is 24.1. The highest BCUT2D eigenvalue weighted by atomic mass is 16.5. The highest BCUT2D eigenvalue weighted by Crippen LogP contribution is 2.55. The van der Waals surface area contributed by atoms with Crippen LogP contribution >= 0.6 is 0 Å². The van der Waals surface area contributed by atoms with Gasteiger partial charge in [-0.25, -0.2) is 0 Å². The Kier molecular flexibility index (Phi) is 7.66. The van der Waals surface area contributed by atoms with Crippen molar-refractivity contribution < 1.29 is 19.4 Å². The number of carboxylic acids is 1. The summed E-state index contributed by atoms with van der Waals surface area (Å²) in [6.45, 7) is 4.24. The minimum absolute atomic E-state index is 0.0303. The van der Waals surface area contributed by atoms with E-state index in [0.29, 0.717) is 18.1 Å². The second-order valence-electron chi connectivity index (χ2n) is 9.70. The summed E-state index contributed by atoms with van der Waals surface area (Å²) >= 11 is 0. The van der Waals surface area contributed by atoms with Gasteiger partial charge in [0.2, 0.25) is 0 Å². The predicted molar refractivity (Wildman–Crippen MR) is 135 cm³/mol. The van der Waals surface area contributed by atoms with E-state index in [1.165, 1.54) is 0 Å². The number of carbonyl (C=O) groups is 2. The van der Waals surface area contributed by atoms with Crippen molar-refractivity contribution >= 4 is 22.7 Å². The fraction of sp³-hybridized carbons (Fsp3) is 0.400. The standard InChI is InChI=1S/C30H34O4/c1-3-4-6-12-20(2)19-24-27(29(31)32)26(22-14-7-5-8-15-22)28(24)30(33)34-25-18-11-16-21-13-9-10-17-23(21)25/h4-11,13-14,16-18,20,22,24,26-28H,3,12,15,19H2,1-2H3,(H,31,32)/b6-4-/t20?,22?,24?,26-,27-,28+/m1/s1. The van der Waals surface area contributed by atoms with E-state index >= 15 is 0 Å². The maximum Gasteiger partial charge on any atom is 0.314 e. The Balaban J connectivity index is 1.61. The number of carboxylic acid groups (broad SMARTS) is 1. The van der Waals surface area contributed by atoms with Gasteiger partial charge in [-0.1, -0.05) is 86.7 Å². The van der Waals surface area contributed by atoms with Crippen LogP contribution in [0.5, 0.6) is 5.75 Å². The molecule has 2 aliphatic rings. The maximum absolute atomic E-state index is 13.6. The number of hydrogen-bond acceptors (Lipinski definition) is 3. The molecule has 1 saturated carbocycles. The summed E-state index contributed by atoms with van der Waals surface area (Å²) in [5.74, 6) is -1.70. The van der Waals surface area contributed by atoms with Gasteiger partial charge >= 0.3 is 11.9 Å². The number of fused-ring (bicyclic) bond motifs is 1. The normalized spacial score (nSPS) is 26.9. The first kappa shape index (κ1) is 24.0. The Hall–Kier alpha value is -3.14. The molecule has 0 aliphatic heterocycles. The zero-order valence-corrected chi connectivity index (χ0v) is 20.0. The molecule has 4 rings (SSSR count). The van der Waals surface area contributed by atoms with Crippen molar-refractivity contribution in [2.45, 2.75) is 39.5 Å². The average Bonchev–Trinajstić information content (AvgIpc) is 2.82. The van der Waals surface area contributed by atoms with Crippen LogP contribution in [0, 0.1) is 35.5 Å². The number of esters is 1. The van der Waals surface area contributed by atoms with Gasteiger partial charge in [0.05, 0.1) is 11.8 Å². The average molecular weight is 459 g/mol. The molecule has 0 aromatic heterocycles.